The highest BCUT2D eigenvalue weighted by molar-refractivity contribution is 7.84. The van der Waals surface area contributed by atoms with Crippen molar-refractivity contribution in [1.82, 2.24) is 5.32 Å². The van der Waals surface area contributed by atoms with Crippen LogP contribution in [0.25, 0.3) is 0 Å². The van der Waals surface area contributed by atoms with Gasteiger partial charge in [-0.2, -0.15) is 0 Å². The van der Waals surface area contributed by atoms with Crippen molar-refractivity contribution in [2.45, 2.75) is 0 Å². The Balaban J connectivity index is 2.71. The highest BCUT2D eigenvalue weighted by Crippen LogP contribution is 2.05. The van der Waals surface area contributed by atoms with Crippen molar-refractivity contribution >= 4 is 22.5 Å². The number of hydrogen-bond donors (Lipinski definition) is 3. The van der Waals surface area contributed by atoms with E-state index in [1.54, 1.807) is 24.5 Å². The number of amides is 1. The van der Waals surface area contributed by atoms with Crippen molar-refractivity contribution in [3.8, 4) is 0 Å². The highest BCUT2D eigenvalue weighted by Gasteiger charge is 2.07. The maximum absolute atomic E-state index is 11.7. The van der Waals surface area contributed by atoms with E-state index >= 15 is 0 Å². The summed E-state index contributed by atoms with van der Waals surface area (Å²) < 4.78 is 10.8. The van der Waals surface area contributed by atoms with Gasteiger partial charge in [0.05, 0.1) is 0 Å². The second kappa shape index (κ2) is 6.75. The predicted molar refractivity (Wildman–Crippen MR) is 70.2 cm³/mol. The molecule has 0 aliphatic heterocycles. The Morgan fingerprint density at radius 2 is 2.17 bits per heavy atom. The fourth-order valence-electron chi connectivity index (χ4n) is 1.29. The zero-order valence-corrected chi connectivity index (χ0v) is 10.7. The minimum atomic E-state index is -0.938. The van der Waals surface area contributed by atoms with E-state index in [9.17, 15) is 9.00 Å². The van der Waals surface area contributed by atoms with E-state index < -0.39 is 10.8 Å². The molecule has 0 radical (unpaired) electrons. The van der Waals surface area contributed by atoms with Gasteiger partial charge in [-0.25, -0.2) is 0 Å². The molecule has 0 heterocycles. The van der Waals surface area contributed by atoms with Crippen molar-refractivity contribution in [3.05, 3.63) is 35.4 Å². The molecule has 1 amide bonds. The standard InChI is InChI=1S/C11H15N3O3S/c1-18(17)6-5-13-11(15)9-4-2-3-8(7-9)10(12)14-16/h2-4,7,16H,5-6H2,1H3,(H2,12,14)(H,13,15). The first-order valence-corrected chi connectivity index (χ1v) is 6.93. The van der Waals surface area contributed by atoms with Crippen LogP contribution in [0.15, 0.2) is 29.4 Å². The van der Waals surface area contributed by atoms with E-state index in [2.05, 4.69) is 10.5 Å². The number of rotatable bonds is 5. The van der Waals surface area contributed by atoms with E-state index in [4.69, 9.17) is 10.9 Å². The van der Waals surface area contributed by atoms with Gasteiger partial charge in [0.25, 0.3) is 5.91 Å². The zero-order valence-electron chi connectivity index (χ0n) is 9.92. The maximum atomic E-state index is 11.7. The average molecular weight is 269 g/mol. The number of nitrogens with two attached hydrogens (primary N) is 1. The molecule has 98 valence electrons. The molecule has 0 aliphatic rings. The fourth-order valence-corrected chi connectivity index (χ4v) is 1.68. The summed E-state index contributed by atoms with van der Waals surface area (Å²) in [5.41, 5.74) is 6.30. The van der Waals surface area contributed by atoms with Crippen LogP contribution < -0.4 is 11.1 Å². The lowest BCUT2D eigenvalue weighted by atomic mass is 10.1. The van der Waals surface area contributed by atoms with Crippen molar-refractivity contribution < 1.29 is 14.2 Å². The van der Waals surface area contributed by atoms with Gasteiger partial charge in [0, 0.05) is 40.5 Å². The van der Waals surface area contributed by atoms with Crippen molar-refractivity contribution in [2.24, 2.45) is 10.9 Å². The molecule has 0 spiro atoms. The molecular formula is C11H15N3O3S. The predicted octanol–water partition coefficient (Wildman–Crippen LogP) is -0.111. The summed E-state index contributed by atoms with van der Waals surface area (Å²) in [6, 6.07) is 6.41. The van der Waals surface area contributed by atoms with Crippen LogP contribution >= 0.6 is 0 Å². The molecule has 0 aliphatic carbocycles. The summed E-state index contributed by atoms with van der Waals surface area (Å²) in [5.74, 6) is 0.0680. The first-order chi connectivity index (χ1) is 8.54. The number of benzene rings is 1. The summed E-state index contributed by atoms with van der Waals surface area (Å²) in [5, 5.41) is 14.1. The number of carbonyl (C=O) groups is 1. The van der Waals surface area contributed by atoms with Gasteiger partial charge in [-0.3, -0.25) is 9.00 Å². The van der Waals surface area contributed by atoms with E-state index in [1.165, 1.54) is 6.07 Å². The van der Waals surface area contributed by atoms with Crippen LogP contribution in [0.2, 0.25) is 0 Å². The Labute approximate surface area is 107 Å². The number of amidine groups is 1. The normalized spacial score (nSPS) is 13.1. The topological polar surface area (TPSA) is 105 Å². The third-order valence-corrected chi connectivity index (χ3v) is 2.98. The molecule has 0 saturated carbocycles. The van der Waals surface area contributed by atoms with Gasteiger partial charge < -0.3 is 16.3 Å². The number of oxime groups is 1. The minimum absolute atomic E-state index is 0.0562. The quantitative estimate of drug-likeness (QED) is 0.300. The van der Waals surface area contributed by atoms with Crippen molar-refractivity contribution in [1.29, 1.82) is 0 Å². The van der Waals surface area contributed by atoms with E-state index in [-0.39, 0.29) is 11.7 Å². The molecule has 1 rings (SSSR count). The molecule has 1 unspecified atom stereocenters. The number of nitrogens with zero attached hydrogens (tertiary/aromatic N) is 1. The molecule has 0 fully saturated rings. The lowest BCUT2D eigenvalue weighted by Crippen LogP contribution is -2.27. The Morgan fingerprint density at radius 1 is 1.50 bits per heavy atom. The molecule has 1 aromatic rings. The Morgan fingerprint density at radius 3 is 2.78 bits per heavy atom. The van der Waals surface area contributed by atoms with Gasteiger partial charge in [-0.1, -0.05) is 17.3 Å². The van der Waals surface area contributed by atoms with Crippen molar-refractivity contribution in [2.75, 3.05) is 18.6 Å². The van der Waals surface area contributed by atoms with Crippen LogP contribution in [0, 0.1) is 0 Å². The zero-order chi connectivity index (χ0) is 13.5. The highest BCUT2D eigenvalue weighted by atomic mass is 32.2. The van der Waals surface area contributed by atoms with Crippen LogP contribution in [-0.2, 0) is 10.8 Å². The molecule has 0 saturated heterocycles. The monoisotopic (exact) mass is 269 g/mol. The summed E-state index contributed by atoms with van der Waals surface area (Å²) in [6.45, 7) is 0.343. The van der Waals surface area contributed by atoms with Crippen LogP contribution in [0.4, 0.5) is 0 Å². The van der Waals surface area contributed by atoms with Crippen LogP contribution in [-0.4, -0.2) is 39.7 Å². The van der Waals surface area contributed by atoms with Gasteiger partial charge in [-0.05, 0) is 12.1 Å². The van der Waals surface area contributed by atoms with Crippen LogP contribution in [0.1, 0.15) is 15.9 Å². The van der Waals surface area contributed by atoms with Crippen molar-refractivity contribution in [3.63, 3.8) is 0 Å². The Kier molecular flexibility index (Phi) is 5.31. The second-order valence-corrected chi connectivity index (χ2v) is 5.15. The molecule has 18 heavy (non-hydrogen) atoms. The Hall–Kier alpha value is -1.89. The average Bonchev–Trinajstić information content (AvgIpc) is 2.37. The fraction of sp³-hybridized carbons (Fsp3) is 0.273. The van der Waals surface area contributed by atoms with Gasteiger partial charge in [0.2, 0.25) is 0 Å². The van der Waals surface area contributed by atoms with Crippen LogP contribution in [0.5, 0.6) is 0 Å². The molecule has 4 N–H and O–H groups in total. The van der Waals surface area contributed by atoms with Gasteiger partial charge in [-0.15, -0.1) is 0 Å². The maximum Gasteiger partial charge on any atom is 0.251 e. The van der Waals surface area contributed by atoms with E-state index in [0.29, 0.717) is 23.4 Å². The molecule has 0 bridgehead atoms. The molecule has 1 aromatic carbocycles. The molecule has 1 atom stereocenters. The third kappa shape index (κ3) is 4.17. The summed E-state index contributed by atoms with van der Waals surface area (Å²) in [7, 11) is -0.938. The molecule has 7 heteroatoms. The summed E-state index contributed by atoms with van der Waals surface area (Å²) in [4.78, 5) is 11.7. The van der Waals surface area contributed by atoms with E-state index in [1.807, 2.05) is 0 Å². The Bertz CT molecular complexity index is 488. The first-order valence-electron chi connectivity index (χ1n) is 5.20. The molecule has 0 aromatic heterocycles. The molecular weight excluding hydrogens is 254 g/mol. The van der Waals surface area contributed by atoms with Gasteiger partial charge in [0.1, 0.15) is 0 Å². The second-order valence-electron chi connectivity index (χ2n) is 3.60. The third-order valence-electron chi connectivity index (χ3n) is 2.20. The lowest BCUT2D eigenvalue weighted by molar-refractivity contribution is 0.0956. The van der Waals surface area contributed by atoms with E-state index in [0.717, 1.165) is 0 Å². The SMILES string of the molecule is CS(=O)CCNC(=O)c1cccc(/C(N)=N/O)c1. The largest absolute Gasteiger partial charge is 0.409 e. The minimum Gasteiger partial charge on any atom is -0.409 e. The number of carbonyl (C=O) groups excluding carboxylic acids is 1. The summed E-state index contributed by atoms with van der Waals surface area (Å²) >= 11 is 0. The number of nitrogens with one attached hydrogen (secondary N) is 1. The van der Waals surface area contributed by atoms with Crippen LogP contribution in [0.3, 0.4) is 0 Å². The van der Waals surface area contributed by atoms with Gasteiger partial charge >= 0.3 is 0 Å². The smallest absolute Gasteiger partial charge is 0.251 e. The first kappa shape index (κ1) is 14.2. The summed E-state index contributed by atoms with van der Waals surface area (Å²) in [6.07, 6.45) is 1.57. The molecule has 6 nitrogen and oxygen atoms in total. The lowest BCUT2D eigenvalue weighted by Gasteiger charge is -2.05. The van der Waals surface area contributed by atoms with Gasteiger partial charge in [0.15, 0.2) is 5.84 Å². The number of hydrogen-bond acceptors (Lipinski definition) is 4.